The molecular weight excluding hydrogens is 379 g/mol. The van der Waals surface area contributed by atoms with Gasteiger partial charge in [0.05, 0.1) is 24.3 Å². The van der Waals surface area contributed by atoms with Crippen molar-refractivity contribution in [2.75, 3.05) is 6.61 Å². The largest absolute Gasteiger partial charge is 0.464 e. The number of primary amides is 2. The summed E-state index contributed by atoms with van der Waals surface area (Å²) in [5, 5.41) is 10.1. The lowest BCUT2D eigenvalue weighted by Gasteiger charge is -2.32. The van der Waals surface area contributed by atoms with Gasteiger partial charge in [-0.25, -0.2) is 9.18 Å². The van der Waals surface area contributed by atoms with Crippen LogP contribution in [0.4, 0.5) is 4.39 Å². The number of esters is 1. The van der Waals surface area contributed by atoms with Crippen molar-refractivity contribution in [2.45, 2.75) is 24.9 Å². The predicted molar refractivity (Wildman–Crippen MR) is 98.8 cm³/mol. The quantitative estimate of drug-likeness (QED) is 0.691. The molecule has 1 saturated heterocycles. The maximum Gasteiger partial charge on any atom is 0.329 e. The lowest BCUT2D eigenvalue weighted by atomic mass is 9.68. The van der Waals surface area contributed by atoms with Gasteiger partial charge in [-0.1, -0.05) is 18.2 Å². The topological polar surface area (TPSA) is 140 Å². The van der Waals surface area contributed by atoms with E-state index in [-0.39, 0.29) is 17.7 Å². The van der Waals surface area contributed by atoms with Crippen molar-refractivity contribution >= 4 is 17.8 Å². The van der Waals surface area contributed by atoms with Crippen LogP contribution in [0.15, 0.2) is 48.2 Å². The van der Waals surface area contributed by atoms with Gasteiger partial charge >= 0.3 is 5.97 Å². The van der Waals surface area contributed by atoms with Crippen LogP contribution in [0.1, 0.15) is 18.4 Å². The Labute approximate surface area is 166 Å². The Morgan fingerprint density at radius 2 is 2.07 bits per heavy atom. The first-order valence-corrected chi connectivity index (χ1v) is 8.88. The Hall–Kier alpha value is -3.67. The molecule has 0 bridgehead atoms. The van der Waals surface area contributed by atoms with Crippen LogP contribution < -0.4 is 11.5 Å². The third-order valence-corrected chi connectivity index (χ3v) is 5.27. The third kappa shape index (κ3) is 3.02. The molecule has 0 aromatic heterocycles. The van der Waals surface area contributed by atoms with Gasteiger partial charge in [-0.05, 0) is 30.7 Å². The highest BCUT2D eigenvalue weighted by atomic mass is 19.1. The molecule has 2 aliphatic rings. The highest BCUT2D eigenvalue weighted by Gasteiger charge is 2.65. The summed E-state index contributed by atoms with van der Waals surface area (Å²) in [6.07, 6.45) is 4.11. The second kappa shape index (κ2) is 7.39. The van der Waals surface area contributed by atoms with Gasteiger partial charge in [-0.2, -0.15) is 5.26 Å². The molecule has 0 spiro atoms. The van der Waals surface area contributed by atoms with Crippen molar-refractivity contribution in [2.24, 2.45) is 16.9 Å². The summed E-state index contributed by atoms with van der Waals surface area (Å²) in [4.78, 5) is 38.5. The number of carbonyl (C=O) groups is 3. The van der Waals surface area contributed by atoms with Crippen molar-refractivity contribution in [1.29, 1.82) is 5.26 Å². The molecule has 3 rings (SSSR count). The Morgan fingerprint density at radius 3 is 2.62 bits per heavy atom. The van der Waals surface area contributed by atoms with Gasteiger partial charge in [0.25, 0.3) is 0 Å². The van der Waals surface area contributed by atoms with Gasteiger partial charge in [0.15, 0.2) is 5.41 Å². The van der Waals surface area contributed by atoms with Gasteiger partial charge in [-0.15, -0.1) is 0 Å². The van der Waals surface area contributed by atoms with Crippen LogP contribution >= 0.6 is 0 Å². The zero-order valence-electron chi connectivity index (χ0n) is 15.5. The highest BCUT2D eigenvalue weighted by molar-refractivity contribution is 5.96. The normalized spacial score (nSPS) is 27.6. The molecule has 29 heavy (non-hydrogen) atoms. The number of amides is 2. The first-order valence-electron chi connectivity index (χ1n) is 8.88. The van der Waals surface area contributed by atoms with Gasteiger partial charge in [0.2, 0.25) is 11.8 Å². The van der Waals surface area contributed by atoms with Crippen LogP contribution in [0.2, 0.25) is 0 Å². The molecule has 8 nitrogen and oxygen atoms in total. The number of rotatable bonds is 5. The first kappa shape index (κ1) is 20.1. The Balaban J connectivity index is 2.29. The summed E-state index contributed by atoms with van der Waals surface area (Å²) in [7, 11) is 0. The molecule has 0 radical (unpaired) electrons. The van der Waals surface area contributed by atoms with E-state index in [1.165, 1.54) is 41.5 Å². The highest BCUT2D eigenvalue weighted by Crippen LogP contribution is 2.53. The third-order valence-electron chi connectivity index (χ3n) is 5.27. The predicted octanol–water partition coefficient (Wildman–Crippen LogP) is 0.459. The summed E-state index contributed by atoms with van der Waals surface area (Å²) < 4.78 is 19.1. The number of halogens is 1. The minimum absolute atomic E-state index is 0.0437. The van der Waals surface area contributed by atoms with E-state index < -0.39 is 47.0 Å². The van der Waals surface area contributed by atoms with Crippen molar-refractivity contribution in [3.8, 4) is 6.07 Å². The number of hydrogen-bond donors (Lipinski definition) is 2. The number of nitriles is 1. The van der Waals surface area contributed by atoms with E-state index in [0.717, 1.165) is 6.07 Å². The minimum Gasteiger partial charge on any atom is -0.464 e. The number of hydrogen-bond acceptors (Lipinski definition) is 6. The monoisotopic (exact) mass is 398 g/mol. The van der Waals surface area contributed by atoms with Crippen molar-refractivity contribution in [3.05, 3.63) is 59.6 Å². The second-order valence-corrected chi connectivity index (χ2v) is 6.77. The maximum absolute atomic E-state index is 14.0. The van der Waals surface area contributed by atoms with E-state index in [1.54, 1.807) is 6.92 Å². The molecule has 9 heteroatoms. The summed E-state index contributed by atoms with van der Waals surface area (Å²) >= 11 is 0. The first-order chi connectivity index (χ1) is 13.8. The molecule has 2 aliphatic heterocycles. The Bertz CT molecular complexity index is 983. The fourth-order valence-corrected chi connectivity index (χ4v) is 4.09. The molecule has 0 saturated carbocycles. The van der Waals surface area contributed by atoms with E-state index in [9.17, 15) is 24.0 Å². The SMILES string of the molecule is CCOC(=O)[C@H]1[C@@H](c2cccc(F)c2)[C@](C#N)(C(N)=O)[C@@H]2C=CC(C(N)=O)=CN21. The van der Waals surface area contributed by atoms with Gasteiger partial charge < -0.3 is 21.1 Å². The van der Waals surface area contributed by atoms with Crippen LogP contribution in [0.3, 0.4) is 0 Å². The van der Waals surface area contributed by atoms with E-state index in [4.69, 9.17) is 16.2 Å². The van der Waals surface area contributed by atoms with Crippen molar-refractivity contribution in [1.82, 2.24) is 4.90 Å². The van der Waals surface area contributed by atoms with Gasteiger partial charge in [0.1, 0.15) is 11.9 Å². The molecule has 4 atom stereocenters. The van der Waals surface area contributed by atoms with Crippen LogP contribution in [0, 0.1) is 22.6 Å². The lowest BCUT2D eigenvalue weighted by molar-refractivity contribution is -0.148. The smallest absolute Gasteiger partial charge is 0.329 e. The Morgan fingerprint density at radius 1 is 1.34 bits per heavy atom. The van der Waals surface area contributed by atoms with Gasteiger partial charge in [0, 0.05) is 12.1 Å². The number of ether oxygens (including phenoxy) is 1. The van der Waals surface area contributed by atoms with E-state index in [2.05, 4.69) is 0 Å². The summed E-state index contributed by atoms with van der Waals surface area (Å²) in [5.74, 6) is -4.21. The van der Waals surface area contributed by atoms with Gasteiger partial charge in [-0.3, -0.25) is 9.59 Å². The van der Waals surface area contributed by atoms with E-state index in [0.29, 0.717) is 0 Å². The lowest BCUT2D eigenvalue weighted by Crippen LogP contribution is -2.48. The fourth-order valence-electron chi connectivity index (χ4n) is 4.09. The summed E-state index contributed by atoms with van der Waals surface area (Å²) in [5.41, 5.74) is 9.41. The molecule has 1 aromatic rings. The van der Waals surface area contributed by atoms with Crippen LogP contribution in [-0.2, 0) is 19.1 Å². The number of nitrogens with zero attached hydrogens (tertiary/aromatic N) is 2. The van der Waals surface area contributed by atoms with Crippen LogP contribution in [0.25, 0.3) is 0 Å². The second-order valence-electron chi connectivity index (χ2n) is 6.77. The Kier molecular flexibility index (Phi) is 5.12. The van der Waals surface area contributed by atoms with E-state index >= 15 is 0 Å². The summed E-state index contributed by atoms with van der Waals surface area (Å²) in [6.45, 7) is 1.65. The number of fused-ring (bicyclic) bond motifs is 1. The molecule has 0 aliphatic carbocycles. The molecule has 2 heterocycles. The molecule has 150 valence electrons. The maximum atomic E-state index is 14.0. The standard InChI is InChI=1S/C20H19FN4O4/c1-2-29-18(27)16-15(11-4-3-5-13(21)8-11)20(10-22,19(24)28)14-7-6-12(17(23)26)9-25(14)16/h3-9,14-16H,2H2,1H3,(H2,23,26)(H2,24,28)/t14-,15+,16+,20+/m0/s1. The summed E-state index contributed by atoms with van der Waals surface area (Å²) in [6, 6.07) is 5.06. The average molecular weight is 398 g/mol. The van der Waals surface area contributed by atoms with Crippen LogP contribution in [0.5, 0.6) is 0 Å². The molecule has 4 N–H and O–H groups in total. The molecule has 1 fully saturated rings. The minimum atomic E-state index is -1.92. The van der Waals surface area contributed by atoms with Crippen molar-refractivity contribution in [3.63, 3.8) is 0 Å². The van der Waals surface area contributed by atoms with Crippen LogP contribution in [-0.4, -0.2) is 41.4 Å². The average Bonchev–Trinajstić information content (AvgIpc) is 2.98. The molecule has 2 amide bonds. The number of benzene rings is 1. The fraction of sp³-hybridized carbons (Fsp3) is 0.300. The molecular formula is C20H19FN4O4. The van der Waals surface area contributed by atoms with Crippen molar-refractivity contribution < 1.29 is 23.5 Å². The number of nitrogens with two attached hydrogens (primary N) is 2. The number of carbonyl (C=O) groups excluding carboxylic acids is 3. The zero-order chi connectivity index (χ0) is 21.3. The zero-order valence-corrected chi connectivity index (χ0v) is 15.5. The molecule has 0 unspecified atom stereocenters. The van der Waals surface area contributed by atoms with E-state index in [1.807, 2.05) is 6.07 Å². The molecule has 1 aromatic carbocycles.